The van der Waals surface area contributed by atoms with Crippen molar-refractivity contribution >= 4 is 124 Å². The lowest BCUT2D eigenvalue weighted by Crippen LogP contribution is -2.58. The first kappa shape index (κ1) is 40.0. The summed E-state index contributed by atoms with van der Waals surface area (Å²) in [5, 5.41) is 4.96. The van der Waals surface area contributed by atoms with Gasteiger partial charge in [0.2, 0.25) is 0 Å². The molecule has 0 amide bonds. The van der Waals surface area contributed by atoms with Crippen molar-refractivity contribution in [1.82, 2.24) is 9.13 Å². The van der Waals surface area contributed by atoms with Crippen LogP contribution in [0.4, 0.5) is 34.1 Å². The first-order chi connectivity index (χ1) is 36.7. The summed E-state index contributed by atoms with van der Waals surface area (Å²) in [6.07, 6.45) is 0. The van der Waals surface area contributed by atoms with Crippen LogP contribution in [0.15, 0.2) is 243 Å². The number of hydrogen-bond acceptors (Lipinski definition) is 4. The SMILES string of the molecule is c1ccc(N(c2ccccc2)c2cc3c4c(c2)-n2c5ccc6c(c7cccc8c7n6-c6cc(N(c7ccccc7)c7ccccc7)cc7c6B8c6ccccc6O7)c5c5cccc(c52)B4c2ccccc2O3)cc1. The second-order valence-electron chi connectivity index (χ2n) is 19.9. The lowest BCUT2D eigenvalue weighted by Gasteiger charge is -2.35. The number of hydrogen-bond donors (Lipinski definition) is 0. The molecule has 0 aliphatic carbocycles. The molecule has 4 aliphatic rings. The Kier molecular flexibility index (Phi) is 8.08. The molecule has 0 saturated carbocycles. The molecular formula is C66H40B2N4O2. The molecular weight excluding hydrogens is 902 g/mol. The van der Waals surface area contributed by atoms with Gasteiger partial charge in [0.25, 0.3) is 13.4 Å². The smallest absolute Gasteiger partial charge is 0.256 e. The lowest BCUT2D eigenvalue weighted by molar-refractivity contribution is 0.487. The predicted octanol–water partition coefficient (Wildman–Crippen LogP) is 12.7. The molecule has 13 aromatic rings. The minimum Gasteiger partial charge on any atom is -0.458 e. The van der Waals surface area contributed by atoms with Gasteiger partial charge in [-0.3, -0.25) is 0 Å². The van der Waals surface area contributed by atoms with Crippen molar-refractivity contribution in [3.63, 3.8) is 0 Å². The molecule has 0 fully saturated rings. The average Bonchev–Trinajstić information content (AvgIpc) is 3.98. The number of ether oxygens (including phenoxy) is 2. The van der Waals surface area contributed by atoms with Crippen LogP contribution >= 0.6 is 0 Å². The molecule has 0 saturated heterocycles. The van der Waals surface area contributed by atoms with Gasteiger partial charge in [-0.15, -0.1) is 0 Å². The minimum absolute atomic E-state index is 0.0322. The van der Waals surface area contributed by atoms with Crippen molar-refractivity contribution < 1.29 is 9.47 Å². The third kappa shape index (κ3) is 5.35. The first-order valence-electron chi connectivity index (χ1n) is 25.5. The summed E-state index contributed by atoms with van der Waals surface area (Å²) >= 11 is 0. The Hall–Kier alpha value is -9.65. The van der Waals surface area contributed by atoms with Gasteiger partial charge in [0, 0.05) is 78.8 Å². The van der Waals surface area contributed by atoms with E-state index in [1.54, 1.807) is 0 Å². The molecule has 17 rings (SSSR count). The van der Waals surface area contributed by atoms with Crippen LogP contribution in [-0.2, 0) is 0 Å². The number of aromatic nitrogens is 2. The van der Waals surface area contributed by atoms with Gasteiger partial charge in [0.15, 0.2) is 0 Å². The summed E-state index contributed by atoms with van der Waals surface area (Å²) in [5.74, 6) is 3.53. The van der Waals surface area contributed by atoms with E-state index in [1.165, 1.54) is 65.4 Å². The molecule has 6 heterocycles. The maximum absolute atomic E-state index is 7.07. The molecule has 0 radical (unpaired) electrons. The van der Waals surface area contributed by atoms with Gasteiger partial charge in [0.05, 0.1) is 22.4 Å². The highest BCUT2D eigenvalue weighted by Crippen LogP contribution is 2.48. The van der Waals surface area contributed by atoms with Crippen LogP contribution in [0.1, 0.15) is 0 Å². The quantitative estimate of drug-likeness (QED) is 0.156. The van der Waals surface area contributed by atoms with E-state index < -0.39 is 0 Å². The maximum atomic E-state index is 7.07. The van der Waals surface area contributed by atoms with Crippen LogP contribution in [0.5, 0.6) is 23.0 Å². The summed E-state index contributed by atoms with van der Waals surface area (Å²) in [4.78, 5) is 4.70. The Morgan fingerprint density at radius 3 is 1.04 bits per heavy atom. The molecule has 0 atom stereocenters. The maximum Gasteiger partial charge on any atom is 0.256 e. The van der Waals surface area contributed by atoms with Gasteiger partial charge in [-0.1, -0.05) is 146 Å². The fraction of sp³-hybridized carbons (Fsp3) is 0. The van der Waals surface area contributed by atoms with Crippen LogP contribution in [0.2, 0.25) is 0 Å². The van der Waals surface area contributed by atoms with Crippen molar-refractivity contribution in [3.05, 3.63) is 243 Å². The fourth-order valence-corrected chi connectivity index (χ4v) is 13.3. The Labute approximate surface area is 427 Å². The summed E-state index contributed by atoms with van der Waals surface area (Å²) in [6, 6.07) is 87.9. The van der Waals surface area contributed by atoms with E-state index in [0.717, 1.165) is 79.5 Å². The monoisotopic (exact) mass is 942 g/mol. The molecule has 0 N–H and O–H groups in total. The Morgan fingerprint density at radius 1 is 0.297 bits per heavy atom. The lowest BCUT2D eigenvalue weighted by atomic mass is 9.34. The predicted molar refractivity (Wildman–Crippen MR) is 307 cm³/mol. The Bertz CT molecular complexity index is 4150. The highest BCUT2D eigenvalue weighted by molar-refractivity contribution is 7.00. The van der Waals surface area contributed by atoms with E-state index >= 15 is 0 Å². The normalized spacial score (nSPS) is 13.0. The van der Waals surface area contributed by atoms with Gasteiger partial charge in [-0.25, -0.2) is 0 Å². The number of nitrogens with zero attached hydrogens (tertiary/aromatic N) is 4. The highest BCUT2D eigenvalue weighted by atomic mass is 16.5. The highest BCUT2D eigenvalue weighted by Gasteiger charge is 2.44. The largest absolute Gasteiger partial charge is 0.458 e. The number of rotatable bonds is 6. The van der Waals surface area contributed by atoms with E-state index in [-0.39, 0.29) is 13.4 Å². The number of fused-ring (bicyclic) bond motifs is 15. The average molecular weight is 943 g/mol. The molecule has 342 valence electrons. The summed E-state index contributed by atoms with van der Waals surface area (Å²) in [6.45, 7) is -0.0643. The second kappa shape index (κ2) is 14.9. The van der Waals surface area contributed by atoms with Gasteiger partial charge >= 0.3 is 0 Å². The van der Waals surface area contributed by atoms with E-state index in [2.05, 4.69) is 262 Å². The first-order valence-corrected chi connectivity index (χ1v) is 25.5. The van der Waals surface area contributed by atoms with E-state index in [9.17, 15) is 0 Å². The molecule has 0 bridgehead atoms. The second-order valence-corrected chi connectivity index (χ2v) is 19.9. The Morgan fingerprint density at radius 2 is 0.649 bits per heavy atom. The van der Waals surface area contributed by atoms with Crippen molar-refractivity contribution in [3.8, 4) is 34.4 Å². The number of para-hydroxylation sites is 8. The van der Waals surface area contributed by atoms with Crippen molar-refractivity contribution in [2.45, 2.75) is 0 Å². The molecule has 6 nitrogen and oxygen atoms in total. The van der Waals surface area contributed by atoms with Crippen LogP contribution in [0.25, 0.3) is 55.0 Å². The summed E-state index contributed by atoms with van der Waals surface area (Å²) in [7, 11) is 0. The standard InChI is InChI=1S/C66H40B2N4O2/c1-5-19-41(20-6-1)69(42-21-7-2-8-22-42)45-37-55-63-59(39-45)73-57-33-15-13-29-49(57)67(63)51-31-17-27-47-61-53(71(55)65(47)51)35-36-54-62(61)48-28-18-32-52-66(48)72(54)56-38-46(40-60-64(56)68(52)50-30-14-16-34-58(50)74-60)70(43-23-9-3-10-24-43)44-25-11-4-12-26-44/h1-40H. The third-order valence-electron chi connectivity index (χ3n) is 16.1. The van der Waals surface area contributed by atoms with E-state index in [0.29, 0.717) is 0 Å². The zero-order chi connectivity index (χ0) is 48.2. The minimum atomic E-state index is -0.0322. The molecule has 11 aromatic carbocycles. The van der Waals surface area contributed by atoms with Gasteiger partial charge in [-0.05, 0) is 118 Å². The van der Waals surface area contributed by atoms with Crippen LogP contribution in [0.3, 0.4) is 0 Å². The van der Waals surface area contributed by atoms with Gasteiger partial charge in [0.1, 0.15) is 23.0 Å². The topological polar surface area (TPSA) is 34.8 Å². The molecule has 0 unspecified atom stereocenters. The van der Waals surface area contributed by atoms with Crippen LogP contribution in [0, 0.1) is 0 Å². The summed E-state index contributed by atoms with van der Waals surface area (Å²) < 4.78 is 19.3. The van der Waals surface area contributed by atoms with Gasteiger partial charge < -0.3 is 28.4 Å². The molecule has 74 heavy (non-hydrogen) atoms. The van der Waals surface area contributed by atoms with Gasteiger partial charge in [-0.2, -0.15) is 0 Å². The molecule has 0 spiro atoms. The third-order valence-corrected chi connectivity index (χ3v) is 16.1. The van der Waals surface area contributed by atoms with Crippen LogP contribution in [-0.4, -0.2) is 22.6 Å². The van der Waals surface area contributed by atoms with Crippen molar-refractivity contribution in [2.75, 3.05) is 9.80 Å². The van der Waals surface area contributed by atoms with Crippen molar-refractivity contribution in [1.29, 1.82) is 0 Å². The zero-order valence-corrected chi connectivity index (χ0v) is 39.9. The zero-order valence-electron chi connectivity index (χ0n) is 39.9. The van der Waals surface area contributed by atoms with E-state index in [4.69, 9.17) is 9.47 Å². The molecule has 4 aliphatic heterocycles. The molecule has 2 aromatic heterocycles. The van der Waals surface area contributed by atoms with Crippen LogP contribution < -0.4 is 52.1 Å². The van der Waals surface area contributed by atoms with E-state index in [1.807, 2.05) is 0 Å². The molecule has 8 heteroatoms. The number of anilines is 6. The summed E-state index contributed by atoms with van der Waals surface area (Å²) in [5.41, 5.74) is 20.7. The number of benzene rings is 11. The van der Waals surface area contributed by atoms with Crippen molar-refractivity contribution in [2.24, 2.45) is 0 Å². The Balaban J connectivity index is 0.985. The fourth-order valence-electron chi connectivity index (χ4n) is 13.3.